The molecule has 0 atom stereocenters. The average Bonchev–Trinajstić information content (AvgIpc) is 3.18. The third kappa shape index (κ3) is 4.32. The zero-order valence-corrected chi connectivity index (χ0v) is 16.2. The minimum Gasteiger partial charge on any atom is -0.335 e. The van der Waals surface area contributed by atoms with E-state index in [1.165, 1.54) is 6.20 Å². The van der Waals surface area contributed by atoms with Crippen LogP contribution in [0.1, 0.15) is 15.5 Å². The first-order valence-corrected chi connectivity index (χ1v) is 9.93. The van der Waals surface area contributed by atoms with E-state index >= 15 is 0 Å². The van der Waals surface area contributed by atoms with E-state index in [9.17, 15) is 4.79 Å². The Morgan fingerprint density at radius 3 is 2.59 bits per heavy atom. The largest absolute Gasteiger partial charge is 0.335 e. The van der Waals surface area contributed by atoms with Gasteiger partial charge in [-0.25, -0.2) is 9.97 Å². The van der Waals surface area contributed by atoms with Gasteiger partial charge in [-0.15, -0.1) is 11.3 Å². The molecule has 3 heterocycles. The summed E-state index contributed by atoms with van der Waals surface area (Å²) in [7, 11) is 0. The van der Waals surface area contributed by atoms with Gasteiger partial charge < -0.3 is 4.90 Å². The number of carbonyl (C=O) groups excluding carboxylic acids is 1. The summed E-state index contributed by atoms with van der Waals surface area (Å²) in [4.78, 5) is 29.4. The average molecular weight is 400 g/mol. The second-order valence-corrected chi connectivity index (χ2v) is 7.67. The number of hydrogen-bond acceptors (Lipinski definition) is 6. The van der Waals surface area contributed by atoms with Gasteiger partial charge in [0.15, 0.2) is 0 Å². The number of hydrogen-bond donors (Lipinski definition) is 0. The molecule has 2 aromatic heterocycles. The molecule has 1 aromatic carbocycles. The molecule has 0 radical (unpaired) electrons. The van der Waals surface area contributed by atoms with Crippen LogP contribution in [0.5, 0.6) is 0 Å². The predicted molar refractivity (Wildman–Crippen MR) is 106 cm³/mol. The van der Waals surface area contributed by atoms with Crippen molar-refractivity contribution in [2.75, 3.05) is 26.2 Å². The molecule has 0 N–H and O–H groups in total. The van der Waals surface area contributed by atoms with Crippen LogP contribution in [-0.4, -0.2) is 56.8 Å². The van der Waals surface area contributed by atoms with Gasteiger partial charge in [-0.2, -0.15) is 0 Å². The maximum atomic E-state index is 12.4. The molecule has 1 fully saturated rings. The van der Waals surface area contributed by atoms with Gasteiger partial charge in [0.25, 0.3) is 5.91 Å². The van der Waals surface area contributed by atoms with E-state index in [-0.39, 0.29) is 5.91 Å². The van der Waals surface area contributed by atoms with Gasteiger partial charge in [-0.05, 0) is 12.1 Å². The van der Waals surface area contributed by atoms with E-state index in [1.807, 2.05) is 29.2 Å². The Morgan fingerprint density at radius 2 is 1.89 bits per heavy atom. The van der Waals surface area contributed by atoms with Crippen LogP contribution in [-0.2, 0) is 6.54 Å². The molecular weight excluding hydrogens is 382 g/mol. The molecule has 0 bridgehead atoms. The van der Waals surface area contributed by atoms with Crippen molar-refractivity contribution in [2.24, 2.45) is 0 Å². The van der Waals surface area contributed by atoms with E-state index < -0.39 is 0 Å². The normalized spacial score (nSPS) is 15.1. The van der Waals surface area contributed by atoms with E-state index in [0.717, 1.165) is 40.9 Å². The predicted octanol–water partition coefficient (Wildman–Crippen LogP) is 3.21. The van der Waals surface area contributed by atoms with E-state index in [4.69, 9.17) is 16.6 Å². The molecule has 0 unspecified atom stereocenters. The standard InChI is InChI=1S/C19H18ClN5OS/c20-15-3-1-14(2-4-15)17-13-27-18(23-17)12-24-7-9-25(10-8-24)19(26)16-11-21-5-6-22-16/h1-6,11,13H,7-10,12H2. The maximum Gasteiger partial charge on any atom is 0.274 e. The highest BCUT2D eigenvalue weighted by Gasteiger charge is 2.23. The molecule has 0 aliphatic carbocycles. The molecule has 0 saturated carbocycles. The number of nitrogens with zero attached hydrogens (tertiary/aromatic N) is 5. The second kappa shape index (κ2) is 8.12. The van der Waals surface area contributed by atoms with Crippen LogP contribution in [0.15, 0.2) is 48.2 Å². The van der Waals surface area contributed by atoms with Crippen LogP contribution in [0.2, 0.25) is 5.02 Å². The molecule has 138 valence electrons. The van der Waals surface area contributed by atoms with Crippen molar-refractivity contribution in [1.82, 2.24) is 24.8 Å². The van der Waals surface area contributed by atoms with E-state index in [2.05, 4.69) is 20.2 Å². The molecule has 4 rings (SSSR count). The van der Waals surface area contributed by atoms with Gasteiger partial charge in [0.1, 0.15) is 10.7 Å². The molecule has 1 saturated heterocycles. The Labute approximate surface area is 166 Å². The third-order valence-corrected chi connectivity index (χ3v) is 5.58. The number of amides is 1. The Hall–Kier alpha value is -2.35. The van der Waals surface area contributed by atoms with Crippen LogP contribution >= 0.6 is 22.9 Å². The fraction of sp³-hybridized carbons (Fsp3) is 0.263. The van der Waals surface area contributed by atoms with Crippen molar-refractivity contribution >= 4 is 28.8 Å². The van der Waals surface area contributed by atoms with Crippen molar-refractivity contribution in [3.8, 4) is 11.3 Å². The lowest BCUT2D eigenvalue weighted by atomic mass is 10.2. The molecule has 0 spiro atoms. The number of halogens is 1. The summed E-state index contributed by atoms with van der Waals surface area (Å²) in [6, 6.07) is 7.72. The minimum absolute atomic E-state index is 0.0537. The Balaban J connectivity index is 1.33. The quantitative estimate of drug-likeness (QED) is 0.674. The molecular formula is C19H18ClN5OS. The fourth-order valence-electron chi connectivity index (χ4n) is 3.01. The lowest BCUT2D eigenvalue weighted by Crippen LogP contribution is -2.48. The zero-order valence-electron chi connectivity index (χ0n) is 14.6. The highest BCUT2D eigenvalue weighted by atomic mass is 35.5. The van der Waals surface area contributed by atoms with Crippen LogP contribution in [0, 0.1) is 0 Å². The molecule has 1 amide bonds. The van der Waals surface area contributed by atoms with Crippen molar-refractivity contribution in [2.45, 2.75) is 6.54 Å². The van der Waals surface area contributed by atoms with Gasteiger partial charge in [-0.1, -0.05) is 23.7 Å². The highest BCUT2D eigenvalue weighted by molar-refractivity contribution is 7.09. The summed E-state index contributed by atoms with van der Waals surface area (Å²) in [5, 5.41) is 3.88. The summed E-state index contributed by atoms with van der Waals surface area (Å²) in [6.07, 6.45) is 4.63. The molecule has 8 heteroatoms. The van der Waals surface area contributed by atoms with Gasteiger partial charge in [0.05, 0.1) is 18.4 Å². The van der Waals surface area contributed by atoms with E-state index in [1.54, 1.807) is 23.7 Å². The molecule has 6 nitrogen and oxygen atoms in total. The van der Waals surface area contributed by atoms with Crippen molar-refractivity contribution in [3.05, 3.63) is 64.0 Å². The molecule has 1 aliphatic rings. The van der Waals surface area contributed by atoms with Crippen molar-refractivity contribution < 1.29 is 4.79 Å². The third-order valence-electron chi connectivity index (χ3n) is 4.49. The number of benzene rings is 1. The van der Waals surface area contributed by atoms with Gasteiger partial charge in [0.2, 0.25) is 0 Å². The first kappa shape index (κ1) is 18.0. The van der Waals surface area contributed by atoms with Gasteiger partial charge >= 0.3 is 0 Å². The van der Waals surface area contributed by atoms with Crippen LogP contribution in [0.4, 0.5) is 0 Å². The number of rotatable bonds is 4. The number of carbonyl (C=O) groups is 1. The first-order chi connectivity index (χ1) is 13.2. The number of thiazole rings is 1. The molecule has 27 heavy (non-hydrogen) atoms. The van der Waals surface area contributed by atoms with Crippen molar-refractivity contribution in [1.29, 1.82) is 0 Å². The van der Waals surface area contributed by atoms with Gasteiger partial charge in [-0.3, -0.25) is 14.7 Å². The second-order valence-electron chi connectivity index (χ2n) is 6.29. The smallest absolute Gasteiger partial charge is 0.274 e. The number of aromatic nitrogens is 3. The lowest BCUT2D eigenvalue weighted by Gasteiger charge is -2.34. The van der Waals surface area contributed by atoms with Crippen molar-refractivity contribution in [3.63, 3.8) is 0 Å². The SMILES string of the molecule is O=C(c1cnccn1)N1CCN(Cc2nc(-c3ccc(Cl)cc3)cs2)CC1. The Morgan fingerprint density at radius 1 is 1.11 bits per heavy atom. The highest BCUT2D eigenvalue weighted by Crippen LogP contribution is 2.24. The topological polar surface area (TPSA) is 62.2 Å². The molecule has 3 aromatic rings. The Kier molecular flexibility index (Phi) is 5.42. The summed E-state index contributed by atoms with van der Waals surface area (Å²) >= 11 is 7.61. The zero-order chi connectivity index (χ0) is 18.6. The van der Waals surface area contributed by atoms with Gasteiger partial charge in [0, 0.05) is 54.5 Å². The summed E-state index contributed by atoms with van der Waals surface area (Å²) in [5.74, 6) is -0.0537. The first-order valence-electron chi connectivity index (χ1n) is 8.67. The number of piperazine rings is 1. The summed E-state index contributed by atoms with van der Waals surface area (Å²) in [5.41, 5.74) is 2.45. The maximum absolute atomic E-state index is 12.4. The van der Waals surface area contributed by atoms with Crippen LogP contribution < -0.4 is 0 Å². The van der Waals surface area contributed by atoms with Crippen LogP contribution in [0.25, 0.3) is 11.3 Å². The summed E-state index contributed by atoms with van der Waals surface area (Å²) in [6.45, 7) is 3.81. The Bertz CT molecular complexity index is 907. The summed E-state index contributed by atoms with van der Waals surface area (Å²) < 4.78 is 0. The monoisotopic (exact) mass is 399 g/mol. The van der Waals surface area contributed by atoms with Crippen LogP contribution in [0.3, 0.4) is 0 Å². The van der Waals surface area contributed by atoms with E-state index in [0.29, 0.717) is 18.8 Å². The molecule has 1 aliphatic heterocycles. The fourth-order valence-corrected chi connectivity index (χ4v) is 3.98. The minimum atomic E-state index is -0.0537. The lowest BCUT2D eigenvalue weighted by molar-refractivity contribution is 0.0622.